The van der Waals surface area contributed by atoms with Crippen molar-refractivity contribution in [1.29, 1.82) is 0 Å². The van der Waals surface area contributed by atoms with Gasteiger partial charge in [0.15, 0.2) is 0 Å². The van der Waals surface area contributed by atoms with Crippen LogP contribution in [0.15, 0.2) is 36.9 Å². The van der Waals surface area contributed by atoms with Crippen LogP contribution in [0.4, 0.5) is 0 Å². The van der Waals surface area contributed by atoms with Gasteiger partial charge in [0.1, 0.15) is 0 Å². The minimum absolute atomic E-state index is 0.233. The van der Waals surface area contributed by atoms with Crippen LogP contribution in [0.3, 0.4) is 0 Å². The zero-order valence-corrected chi connectivity index (χ0v) is 11.3. The number of rotatable bonds is 6. The highest BCUT2D eigenvalue weighted by Gasteiger charge is 2.09. The summed E-state index contributed by atoms with van der Waals surface area (Å²) in [5.74, 6) is -0.233. The Hall–Kier alpha value is -0.840. The van der Waals surface area contributed by atoms with E-state index in [0.717, 1.165) is 22.8 Å². The lowest BCUT2D eigenvalue weighted by atomic mass is 10.2. The van der Waals surface area contributed by atoms with E-state index < -0.39 is 0 Å². The molecule has 0 heterocycles. The molecule has 0 aliphatic heterocycles. The zero-order chi connectivity index (χ0) is 11.8. The first-order chi connectivity index (χ1) is 7.75. The zero-order valence-electron chi connectivity index (χ0n) is 9.12. The van der Waals surface area contributed by atoms with E-state index in [1.807, 2.05) is 24.3 Å². The summed E-state index contributed by atoms with van der Waals surface area (Å²) in [7, 11) is 0. The number of allylic oxidation sites excluding steroid dienone is 1. The fourth-order valence-electron chi connectivity index (χ4n) is 1.26. The second kappa shape index (κ2) is 7.44. The van der Waals surface area contributed by atoms with Gasteiger partial charge in [-0.05, 0) is 54.0 Å². The van der Waals surface area contributed by atoms with Gasteiger partial charge in [0.2, 0.25) is 0 Å². The van der Waals surface area contributed by atoms with Crippen LogP contribution >= 0.6 is 22.6 Å². The molecule has 3 heteroatoms. The number of ether oxygens (including phenoxy) is 1. The summed E-state index contributed by atoms with van der Waals surface area (Å²) in [5.41, 5.74) is 0.645. The average molecular weight is 330 g/mol. The van der Waals surface area contributed by atoms with Gasteiger partial charge in [-0.25, -0.2) is 4.79 Å². The van der Waals surface area contributed by atoms with Crippen molar-refractivity contribution in [2.24, 2.45) is 0 Å². The summed E-state index contributed by atoms with van der Waals surface area (Å²) in [6.45, 7) is 4.13. The predicted octanol–water partition coefficient (Wildman–Crippen LogP) is 3.80. The Morgan fingerprint density at radius 1 is 1.38 bits per heavy atom. The molecule has 0 amide bonds. The topological polar surface area (TPSA) is 26.3 Å². The number of halogens is 1. The molecule has 1 rings (SSSR count). The number of hydrogen-bond acceptors (Lipinski definition) is 2. The van der Waals surface area contributed by atoms with E-state index in [-0.39, 0.29) is 5.97 Å². The lowest BCUT2D eigenvalue weighted by molar-refractivity contribution is 0.0497. The molecule has 0 fully saturated rings. The largest absolute Gasteiger partial charge is 0.462 e. The Morgan fingerprint density at radius 2 is 2.12 bits per heavy atom. The standard InChI is InChI=1S/C13H15IO2/c1-2-3-4-7-10-16-13(15)11-8-5-6-9-12(11)14/h2,5-6,8-9H,1,3-4,7,10H2. The Labute approximate surface area is 110 Å². The SMILES string of the molecule is C=CCCCCOC(=O)c1ccccc1I. The molecular weight excluding hydrogens is 315 g/mol. The smallest absolute Gasteiger partial charge is 0.339 e. The van der Waals surface area contributed by atoms with Crippen molar-refractivity contribution in [2.45, 2.75) is 19.3 Å². The van der Waals surface area contributed by atoms with Crippen LogP contribution in [-0.4, -0.2) is 12.6 Å². The second-order valence-electron chi connectivity index (χ2n) is 3.40. The lowest BCUT2D eigenvalue weighted by Gasteiger charge is -2.05. The van der Waals surface area contributed by atoms with Crippen molar-refractivity contribution in [3.05, 3.63) is 46.1 Å². The Kier molecular flexibility index (Phi) is 6.15. The van der Waals surface area contributed by atoms with Crippen LogP contribution in [-0.2, 0) is 4.74 Å². The first-order valence-corrected chi connectivity index (χ1v) is 6.36. The number of esters is 1. The minimum Gasteiger partial charge on any atom is -0.462 e. The number of benzene rings is 1. The first kappa shape index (κ1) is 13.2. The predicted molar refractivity (Wildman–Crippen MR) is 73.5 cm³/mol. The first-order valence-electron chi connectivity index (χ1n) is 5.28. The molecule has 0 atom stereocenters. The second-order valence-corrected chi connectivity index (χ2v) is 4.56. The summed E-state index contributed by atoms with van der Waals surface area (Å²) < 4.78 is 6.10. The van der Waals surface area contributed by atoms with Crippen molar-refractivity contribution >= 4 is 28.6 Å². The van der Waals surface area contributed by atoms with Gasteiger partial charge in [-0.3, -0.25) is 0 Å². The van der Waals surface area contributed by atoms with E-state index in [2.05, 4.69) is 29.2 Å². The van der Waals surface area contributed by atoms with Gasteiger partial charge in [-0.1, -0.05) is 18.2 Å². The van der Waals surface area contributed by atoms with Gasteiger partial charge < -0.3 is 4.74 Å². The molecule has 2 nitrogen and oxygen atoms in total. The fraction of sp³-hybridized carbons (Fsp3) is 0.308. The molecule has 0 N–H and O–H groups in total. The molecule has 0 aliphatic rings. The monoisotopic (exact) mass is 330 g/mol. The van der Waals surface area contributed by atoms with Gasteiger partial charge >= 0.3 is 5.97 Å². The van der Waals surface area contributed by atoms with Gasteiger partial charge in [0.05, 0.1) is 12.2 Å². The Bertz CT molecular complexity index is 361. The molecule has 0 spiro atoms. The maximum absolute atomic E-state index is 11.7. The highest BCUT2D eigenvalue weighted by Crippen LogP contribution is 2.12. The molecule has 0 unspecified atom stereocenters. The van der Waals surface area contributed by atoms with Gasteiger partial charge in [-0.15, -0.1) is 6.58 Å². The number of hydrogen-bond donors (Lipinski definition) is 0. The quantitative estimate of drug-likeness (QED) is 0.343. The summed E-state index contributed by atoms with van der Waals surface area (Å²) in [5, 5.41) is 0. The summed E-state index contributed by atoms with van der Waals surface area (Å²) in [6, 6.07) is 7.43. The van der Waals surface area contributed by atoms with Crippen LogP contribution in [0.5, 0.6) is 0 Å². The van der Waals surface area contributed by atoms with Crippen molar-refractivity contribution in [3.8, 4) is 0 Å². The minimum atomic E-state index is -0.233. The lowest BCUT2D eigenvalue weighted by Crippen LogP contribution is -2.07. The van der Waals surface area contributed by atoms with Crippen LogP contribution in [0.25, 0.3) is 0 Å². The van der Waals surface area contributed by atoms with Gasteiger partial charge in [0.25, 0.3) is 0 Å². The molecule has 1 aromatic carbocycles. The molecular formula is C13H15IO2. The van der Waals surface area contributed by atoms with Crippen molar-refractivity contribution in [3.63, 3.8) is 0 Å². The molecule has 16 heavy (non-hydrogen) atoms. The van der Waals surface area contributed by atoms with E-state index >= 15 is 0 Å². The fourth-order valence-corrected chi connectivity index (χ4v) is 1.87. The van der Waals surface area contributed by atoms with Crippen LogP contribution in [0.1, 0.15) is 29.6 Å². The maximum Gasteiger partial charge on any atom is 0.339 e. The third-order valence-corrected chi connectivity index (χ3v) is 3.07. The molecule has 0 aliphatic carbocycles. The maximum atomic E-state index is 11.7. The van der Waals surface area contributed by atoms with Crippen LogP contribution in [0, 0.1) is 3.57 Å². The molecule has 0 bridgehead atoms. The summed E-state index contributed by atoms with van der Waals surface area (Å²) >= 11 is 2.14. The molecule has 0 aromatic heterocycles. The molecule has 0 radical (unpaired) electrons. The molecule has 0 saturated heterocycles. The van der Waals surface area contributed by atoms with E-state index in [0.29, 0.717) is 12.2 Å². The third-order valence-electron chi connectivity index (χ3n) is 2.13. The number of carbonyl (C=O) groups is 1. The highest BCUT2D eigenvalue weighted by molar-refractivity contribution is 14.1. The molecule has 1 aromatic rings. The van der Waals surface area contributed by atoms with E-state index in [1.54, 1.807) is 6.07 Å². The van der Waals surface area contributed by atoms with Crippen molar-refractivity contribution in [1.82, 2.24) is 0 Å². The summed E-state index contributed by atoms with van der Waals surface area (Å²) in [4.78, 5) is 11.7. The number of carbonyl (C=O) groups excluding carboxylic acids is 1. The normalized spacial score (nSPS) is 9.81. The Balaban J connectivity index is 2.36. The van der Waals surface area contributed by atoms with Crippen LogP contribution < -0.4 is 0 Å². The highest BCUT2D eigenvalue weighted by atomic mass is 127. The van der Waals surface area contributed by atoms with Gasteiger partial charge in [0, 0.05) is 3.57 Å². The van der Waals surface area contributed by atoms with Crippen molar-refractivity contribution < 1.29 is 9.53 Å². The molecule has 86 valence electrons. The molecule has 0 saturated carbocycles. The van der Waals surface area contributed by atoms with Crippen molar-refractivity contribution in [2.75, 3.05) is 6.61 Å². The van der Waals surface area contributed by atoms with Crippen LogP contribution in [0.2, 0.25) is 0 Å². The summed E-state index contributed by atoms with van der Waals surface area (Å²) in [6.07, 6.45) is 4.76. The average Bonchev–Trinajstić information content (AvgIpc) is 2.29. The van der Waals surface area contributed by atoms with E-state index in [9.17, 15) is 4.79 Å². The Morgan fingerprint density at radius 3 is 2.81 bits per heavy atom. The number of unbranched alkanes of at least 4 members (excludes halogenated alkanes) is 2. The third kappa shape index (κ3) is 4.35. The van der Waals surface area contributed by atoms with E-state index in [1.165, 1.54) is 0 Å². The van der Waals surface area contributed by atoms with Gasteiger partial charge in [-0.2, -0.15) is 0 Å². The van der Waals surface area contributed by atoms with E-state index in [4.69, 9.17) is 4.74 Å².